The van der Waals surface area contributed by atoms with Crippen LogP contribution in [0.3, 0.4) is 0 Å². The number of rotatable bonds is 7. The number of carbonyl (C=O) groups is 1. The first-order valence-corrected chi connectivity index (χ1v) is 7.96. The molecule has 0 amide bonds. The third-order valence-electron chi connectivity index (χ3n) is 3.60. The summed E-state index contributed by atoms with van der Waals surface area (Å²) in [5.74, 6) is 0.894. The zero-order valence-corrected chi connectivity index (χ0v) is 14.3. The molecule has 1 aromatic carbocycles. The van der Waals surface area contributed by atoms with Gasteiger partial charge in [0.15, 0.2) is 0 Å². The quantitative estimate of drug-likeness (QED) is 0.718. The zero-order chi connectivity index (χ0) is 16.2. The summed E-state index contributed by atoms with van der Waals surface area (Å²) >= 11 is 3.41. The molecule has 118 valence electrons. The van der Waals surface area contributed by atoms with Crippen LogP contribution in [0.1, 0.15) is 26.0 Å². The van der Waals surface area contributed by atoms with Gasteiger partial charge in [-0.05, 0) is 51.1 Å². The lowest BCUT2D eigenvalue weighted by molar-refractivity contribution is -0.147. The Balaban J connectivity index is 1.85. The minimum atomic E-state index is -0.773. The van der Waals surface area contributed by atoms with Gasteiger partial charge in [0, 0.05) is 10.0 Å². The molecule has 0 spiro atoms. The SMILES string of the molecule is CC(C)(CCNCc1ccc(-c2ccc(Br)cc2)o1)C(=O)O. The molecule has 0 aliphatic heterocycles. The maximum absolute atomic E-state index is 11.0. The van der Waals surface area contributed by atoms with E-state index in [0.717, 1.165) is 21.6 Å². The highest BCUT2D eigenvalue weighted by Crippen LogP contribution is 2.24. The minimum absolute atomic E-state index is 0.572. The second-order valence-corrected chi connectivity index (χ2v) is 6.80. The van der Waals surface area contributed by atoms with Gasteiger partial charge in [-0.1, -0.05) is 28.1 Å². The van der Waals surface area contributed by atoms with E-state index in [1.165, 1.54) is 0 Å². The van der Waals surface area contributed by atoms with E-state index in [0.29, 0.717) is 19.5 Å². The molecular formula is C17H20BrNO3. The van der Waals surface area contributed by atoms with Crippen LogP contribution in [0.5, 0.6) is 0 Å². The molecule has 2 aromatic rings. The normalized spacial score (nSPS) is 11.6. The van der Waals surface area contributed by atoms with E-state index in [-0.39, 0.29) is 0 Å². The Morgan fingerprint density at radius 1 is 1.23 bits per heavy atom. The molecule has 2 rings (SSSR count). The second kappa shape index (κ2) is 7.11. The lowest BCUT2D eigenvalue weighted by Gasteiger charge is -2.18. The average Bonchev–Trinajstić information content (AvgIpc) is 2.93. The fourth-order valence-electron chi connectivity index (χ4n) is 1.96. The van der Waals surface area contributed by atoms with Crippen molar-refractivity contribution < 1.29 is 14.3 Å². The zero-order valence-electron chi connectivity index (χ0n) is 12.7. The molecule has 0 saturated carbocycles. The van der Waals surface area contributed by atoms with Gasteiger partial charge in [0.1, 0.15) is 11.5 Å². The van der Waals surface area contributed by atoms with E-state index in [9.17, 15) is 4.79 Å². The lowest BCUT2D eigenvalue weighted by atomic mass is 9.90. The van der Waals surface area contributed by atoms with E-state index in [1.54, 1.807) is 13.8 Å². The predicted octanol–water partition coefficient (Wildman–Crippen LogP) is 4.30. The molecule has 0 radical (unpaired) electrons. The first-order valence-electron chi connectivity index (χ1n) is 7.17. The number of halogens is 1. The summed E-state index contributed by atoms with van der Waals surface area (Å²) in [5, 5.41) is 12.3. The van der Waals surface area contributed by atoms with E-state index in [1.807, 2.05) is 36.4 Å². The van der Waals surface area contributed by atoms with Crippen molar-refractivity contribution in [3.8, 4) is 11.3 Å². The number of aliphatic carboxylic acids is 1. The van der Waals surface area contributed by atoms with Gasteiger partial charge in [-0.2, -0.15) is 0 Å². The summed E-state index contributed by atoms with van der Waals surface area (Å²) in [6, 6.07) is 11.8. The number of carboxylic acid groups (broad SMARTS) is 1. The van der Waals surface area contributed by atoms with Crippen LogP contribution in [0.15, 0.2) is 45.3 Å². The number of hydrogen-bond donors (Lipinski definition) is 2. The number of nitrogens with one attached hydrogen (secondary N) is 1. The Kier molecular flexibility index (Phi) is 5.42. The van der Waals surface area contributed by atoms with Gasteiger partial charge in [0.05, 0.1) is 12.0 Å². The van der Waals surface area contributed by atoms with Crippen molar-refractivity contribution in [3.05, 3.63) is 46.6 Å². The number of benzene rings is 1. The van der Waals surface area contributed by atoms with Crippen molar-refractivity contribution >= 4 is 21.9 Å². The van der Waals surface area contributed by atoms with Crippen LogP contribution in [0, 0.1) is 5.41 Å². The van der Waals surface area contributed by atoms with Crippen molar-refractivity contribution in [3.63, 3.8) is 0 Å². The fourth-order valence-corrected chi connectivity index (χ4v) is 2.23. The molecule has 0 unspecified atom stereocenters. The molecule has 0 saturated heterocycles. The summed E-state index contributed by atoms with van der Waals surface area (Å²) in [6.45, 7) is 4.69. The highest BCUT2D eigenvalue weighted by atomic mass is 79.9. The predicted molar refractivity (Wildman–Crippen MR) is 89.6 cm³/mol. The van der Waals surface area contributed by atoms with Crippen LogP contribution in [0.25, 0.3) is 11.3 Å². The molecule has 0 atom stereocenters. The molecule has 0 aliphatic rings. The van der Waals surface area contributed by atoms with Crippen molar-refractivity contribution in [1.29, 1.82) is 0 Å². The number of carboxylic acids is 1. The molecule has 2 N–H and O–H groups in total. The summed E-state index contributed by atoms with van der Waals surface area (Å²) in [4.78, 5) is 11.0. The fraction of sp³-hybridized carbons (Fsp3) is 0.353. The summed E-state index contributed by atoms with van der Waals surface area (Å²) < 4.78 is 6.83. The Labute approximate surface area is 138 Å². The van der Waals surface area contributed by atoms with Crippen molar-refractivity contribution in [2.45, 2.75) is 26.8 Å². The van der Waals surface area contributed by atoms with Crippen LogP contribution in [0.2, 0.25) is 0 Å². The van der Waals surface area contributed by atoms with Crippen molar-refractivity contribution in [2.24, 2.45) is 5.41 Å². The molecule has 0 fully saturated rings. The van der Waals surface area contributed by atoms with Gasteiger partial charge < -0.3 is 14.8 Å². The van der Waals surface area contributed by atoms with Gasteiger partial charge in [-0.15, -0.1) is 0 Å². The molecule has 0 aliphatic carbocycles. The third-order valence-corrected chi connectivity index (χ3v) is 4.12. The Morgan fingerprint density at radius 3 is 2.55 bits per heavy atom. The summed E-state index contributed by atoms with van der Waals surface area (Å²) in [6.07, 6.45) is 0.572. The first-order chi connectivity index (χ1) is 10.4. The summed E-state index contributed by atoms with van der Waals surface area (Å²) in [5.41, 5.74) is 0.320. The van der Waals surface area contributed by atoms with Gasteiger partial charge >= 0.3 is 5.97 Å². The number of hydrogen-bond acceptors (Lipinski definition) is 3. The van der Waals surface area contributed by atoms with Crippen molar-refractivity contribution in [2.75, 3.05) is 6.54 Å². The Morgan fingerprint density at radius 2 is 1.91 bits per heavy atom. The summed E-state index contributed by atoms with van der Waals surface area (Å²) in [7, 11) is 0. The maximum atomic E-state index is 11.0. The molecule has 1 aromatic heterocycles. The average molecular weight is 366 g/mol. The molecular weight excluding hydrogens is 346 g/mol. The molecule has 4 nitrogen and oxygen atoms in total. The maximum Gasteiger partial charge on any atom is 0.309 e. The van der Waals surface area contributed by atoms with Crippen LogP contribution in [0.4, 0.5) is 0 Å². The van der Waals surface area contributed by atoms with Crippen LogP contribution >= 0.6 is 15.9 Å². The van der Waals surface area contributed by atoms with Crippen molar-refractivity contribution in [1.82, 2.24) is 5.32 Å². The molecule has 22 heavy (non-hydrogen) atoms. The first kappa shape index (κ1) is 16.8. The van der Waals surface area contributed by atoms with E-state index in [4.69, 9.17) is 9.52 Å². The molecule has 5 heteroatoms. The minimum Gasteiger partial charge on any atom is -0.481 e. The second-order valence-electron chi connectivity index (χ2n) is 5.89. The third kappa shape index (κ3) is 4.45. The highest BCUT2D eigenvalue weighted by molar-refractivity contribution is 9.10. The van der Waals surface area contributed by atoms with Crippen LogP contribution in [-0.2, 0) is 11.3 Å². The molecule has 0 bridgehead atoms. The van der Waals surface area contributed by atoms with Crippen LogP contribution < -0.4 is 5.32 Å². The Hall–Kier alpha value is -1.59. The lowest BCUT2D eigenvalue weighted by Crippen LogP contribution is -2.28. The largest absolute Gasteiger partial charge is 0.481 e. The van der Waals surface area contributed by atoms with Gasteiger partial charge in [-0.3, -0.25) is 4.79 Å². The van der Waals surface area contributed by atoms with Gasteiger partial charge in [-0.25, -0.2) is 0 Å². The van der Waals surface area contributed by atoms with Crippen LogP contribution in [-0.4, -0.2) is 17.6 Å². The highest BCUT2D eigenvalue weighted by Gasteiger charge is 2.26. The van der Waals surface area contributed by atoms with E-state index < -0.39 is 11.4 Å². The molecule has 1 heterocycles. The standard InChI is InChI=1S/C17H20BrNO3/c1-17(2,16(20)21)9-10-19-11-14-7-8-15(22-14)12-3-5-13(18)6-4-12/h3-8,19H,9-11H2,1-2H3,(H,20,21). The Bertz CT molecular complexity index is 632. The van der Waals surface area contributed by atoms with E-state index in [2.05, 4.69) is 21.2 Å². The monoisotopic (exact) mass is 365 g/mol. The van der Waals surface area contributed by atoms with Gasteiger partial charge in [0.25, 0.3) is 0 Å². The smallest absolute Gasteiger partial charge is 0.309 e. The topological polar surface area (TPSA) is 62.5 Å². The van der Waals surface area contributed by atoms with E-state index >= 15 is 0 Å². The number of furan rings is 1. The van der Waals surface area contributed by atoms with Gasteiger partial charge in [0.2, 0.25) is 0 Å².